The van der Waals surface area contributed by atoms with E-state index in [4.69, 9.17) is 10.6 Å². The number of nitrogens with one attached hydrogen (secondary N) is 1. The predicted octanol–water partition coefficient (Wildman–Crippen LogP) is 1.29. The van der Waals surface area contributed by atoms with E-state index in [2.05, 4.69) is 15.3 Å². The average molecular weight is 256 g/mol. The van der Waals surface area contributed by atoms with Crippen LogP contribution in [0, 0.1) is 5.92 Å². The lowest BCUT2D eigenvalue weighted by Crippen LogP contribution is -2.36. The van der Waals surface area contributed by atoms with Gasteiger partial charge in [-0.05, 0) is 25.3 Å². The summed E-state index contributed by atoms with van der Waals surface area (Å²) in [6, 6.07) is 0. The summed E-state index contributed by atoms with van der Waals surface area (Å²) in [7, 11) is 1.78. The van der Waals surface area contributed by atoms with E-state index >= 15 is 0 Å². The van der Waals surface area contributed by atoms with Gasteiger partial charge in [-0.3, -0.25) is 10.3 Å². The van der Waals surface area contributed by atoms with Gasteiger partial charge in [0.15, 0.2) is 5.13 Å². The Balaban J connectivity index is 1.85. The quantitative estimate of drug-likeness (QED) is 0.614. The average Bonchev–Trinajstić information content (AvgIpc) is 2.78. The zero-order valence-electron chi connectivity index (χ0n) is 10.2. The molecule has 0 saturated carbocycles. The molecule has 17 heavy (non-hydrogen) atoms. The molecule has 0 bridgehead atoms. The molecule has 1 aliphatic rings. The van der Waals surface area contributed by atoms with Crippen LogP contribution < -0.4 is 11.3 Å². The lowest BCUT2D eigenvalue weighted by Gasteiger charge is -2.31. The molecule has 1 unspecified atom stereocenters. The zero-order chi connectivity index (χ0) is 12.1. The molecule has 0 aliphatic carbocycles. The Hall–Kier alpha value is -0.690. The van der Waals surface area contributed by atoms with Gasteiger partial charge in [-0.15, -0.1) is 0 Å². The highest BCUT2D eigenvalue weighted by molar-refractivity contribution is 7.15. The molecule has 0 spiro atoms. The molecular formula is C11H20N4OS. The summed E-state index contributed by atoms with van der Waals surface area (Å²) in [5.41, 5.74) is 2.58. The minimum absolute atomic E-state index is 0.675. The summed E-state index contributed by atoms with van der Waals surface area (Å²) in [6.45, 7) is 4.13. The Morgan fingerprint density at radius 1 is 1.71 bits per heavy atom. The predicted molar refractivity (Wildman–Crippen MR) is 69.8 cm³/mol. The highest BCUT2D eigenvalue weighted by Crippen LogP contribution is 2.22. The second-order valence-electron chi connectivity index (χ2n) is 4.47. The molecule has 0 amide bonds. The molecule has 1 atom stereocenters. The largest absolute Gasteiger partial charge is 0.384 e. The number of likely N-dealkylation sites (tertiary alicyclic amines) is 1. The summed E-state index contributed by atoms with van der Waals surface area (Å²) in [4.78, 5) is 7.92. The number of nitrogens with two attached hydrogens (primary N) is 1. The van der Waals surface area contributed by atoms with Crippen LogP contribution in [-0.2, 0) is 11.3 Å². The van der Waals surface area contributed by atoms with Crippen LogP contribution in [0.15, 0.2) is 6.20 Å². The van der Waals surface area contributed by atoms with Gasteiger partial charge in [0.2, 0.25) is 0 Å². The first-order valence-corrected chi connectivity index (χ1v) is 6.76. The topological polar surface area (TPSA) is 63.4 Å². The summed E-state index contributed by atoms with van der Waals surface area (Å²) in [5.74, 6) is 6.00. The van der Waals surface area contributed by atoms with E-state index in [9.17, 15) is 0 Å². The lowest BCUT2D eigenvalue weighted by molar-refractivity contribution is 0.0878. The van der Waals surface area contributed by atoms with Crippen LogP contribution in [0.3, 0.4) is 0 Å². The number of anilines is 1. The number of rotatable bonds is 5. The molecule has 6 heteroatoms. The molecule has 2 rings (SSSR count). The molecule has 96 valence electrons. The van der Waals surface area contributed by atoms with Gasteiger partial charge >= 0.3 is 0 Å². The molecule has 1 aromatic heterocycles. The van der Waals surface area contributed by atoms with Crippen LogP contribution >= 0.6 is 11.3 Å². The molecule has 1 saturated heterocycles. The van der Waals surface area contributed by atoms with E-state index in [-0.39, 0.29) is 0 Å². The fraction of sp³-hybridized carbons (Fsp3) is 0.727. The number of piperidine rings is 1. The summed E-state index contributed by atoms with van der Waals surface area (Å²) in [6.07, 6.45) is 4.44. The second kappa shape index (κ2) is 6.30. The molecule has 1 aliphatic heterocycles. The van der Waals surface area contributed by atoms with Crippen LogP contribution in [0.25, 0.3) is 0 Å². The van der Waals surface area contributed by atoms with E-state index in [1.807, 2.05) is 6.20 Å². The van der Waals surface area contributed by atoms with Crippen molar-refractivity contribution in [2.24, 2.45) is 11.8 Å². The van der Waals surface area contributed by atoms with Gasteiger partial charge in [-0.25, -0.2) is 10.8 Å². The van der Waals surface area contributed by atoms with Gasteiger partial charge in [0.05, 0.1) is 6.61 Å². The Morgan fingerprint density at radius 3 is 3.29 bits per heavy atom. The lowest BCUT2D eigenvalue weighted by atomic mass is 9.99. The molecule has 1 aromatic rings. The molecule has 3 N–H and O–H groups in total. The van der Waals surface area contributed by atoms with E-state index in [0.717, 1.165) is 24.8 Å². The van der Waals surface area contributed by atoms with Crippen molar-refractivity contribution in [3.05, 3.63) is 11.1 Å². The minimum Gasteiger partial charge on any atom is -0.384 e. The number of thiazole rings is 1. The number of nitrogen functional groups attached to an aromatic ring is 1. The molecule has 0 aromatic carbocycles. The minimum atomic E-state index is 0.675. The molecule has 0 radical (unpaired) electrons. The number of hydrazine groups is 1. The van der Waals surface area contributed by atoms with Gasteiger partial charge in [0.25, 0.3) is 0 Å². The third kappa shape index (κ3) is 3.64. The van der Waals surface area contributed by atoms with E-state index in [1.54, 1.807) is 18.4 Å². The fourth-order valence-electron chi connectivity index (χ4n) is 2.33. The normalized spacial score (nSPS) is 21.6. The Morgan fingerprint density at radius 2 is 2.59 bits per heavy atom. The zero-order valence-corrected chi connectivity index (χ0v) is 11.0. The summed E-state index contributed by atoms with van der Waals surface area (Å²) >= 11 is 1.62. The van der Waals surface area contributed by atoms with Crippen LogP contribution in [0.5, 0.6) is 0 Å². The van der Waals surface area contributed by atoms with Crippen LogP contribution in [0.4, 0.5) is 5.13 Å². The van der Waals surface area contributed by atoms with E-state index < -0.39 is 0 Å². The monoisotopic (exact) mass is 256 g/mol. The van der Waals surface area contributed by atoms with Gasteiger partial charge in [0, 0.05) is 31.3 Å². The second-order valence-corrected chi connectivity index (χ2v) is 5.59. The Labute approximate surface area is 106 Å². The van der Waals surface area contributed by atoms with Crippen LogP contribution in [-0.4, -0.2) is 36.7 Å². The number of methoxy groups -OCH3 is 1. The van der Waals surface area contributed by atoms with Gasteiger partial charge in [0.1, 0.15) is 0 Å². The summed E-state index contributed by atoms with van der Waals surface area (Å²) < 4.78 is 5.24. The summed E-state index contributed by atoms with van der Waals surface area (Å²) in [5, 5.41) is 0.783. The Kier molecular flexibility index (Phi) is 4.73. The van der Waals surface area contributed by atoms with Crippen molar-refractivity contribution in [3.63, 3.8) is 0 Å². The first-order chi connectivity index (χ1) is 8.31. The molecule has 2 heterocycles. The van der Waals surface area contributed by atoms with Crippen molar-refractivity contribution in [1.82, 2.24) is 9.88 Å². The van der Waals surface area contributed by atoms with E-state index in [1.165, 1.54) is 24.3 Å². The van der Waals surface area contributed by atoms with Crippen molar-refractivity contribution in [3.8, 4) is 0 Å². The smallest absolute Gasteiger partial charge is 0.197 e. The number of ether oxygens (including phenoxy) is 1. The molecular weight excluding hydrogens is 236 g/mol. The van der Waals surface area contributed by atoms with Gasteiger partial charge < -0.3 is 4.74 Å². The number of aromatic nitrogens is 1. The molecule has 1 fully saturated rings. The van der Waals surface area contributed by atoms with Crippen LogP contribution in [0.1, 0.15) is 17.7 Å². The number of hydrogen-bond acceptors (Lipinski definition) is 6. The first kappa shape index (κ1) is 12.8. The first-order valence-electron chi connectivity index (χ1n) is 5.94. The maximum Gasteiger partial charge on any atom is 0.197 e. The van der Waals surface area contributed by atoms with Crippen LogP contribution in [0.2, 0.25) is 0 Å². The third-order valence-electron chi connectivity index (χ3n) is 3.06. The highest BCUT2D eigenvalue weighted by Gasteiger charge is 2.20. The molecule has 5 nitrogen and oxygen atoms in total. The fourth-order valence-corrected chi connectivity index (χ4v) is 3.10. The number of hydrogen-bond donors (Lipinski definition) is 2. The van der Waals surface area contributed by atoms with Gasteiger partial charge in [-0.2, -0.15) is 0 Å². The van der Waals surface area contributed by atoms with E-state index in [0.29, 0.717) is 5.92 Å². The third-order valence-corrected chi connectivity index (χ3v) is 3.98. The van der Waals surface area contributed by atoms with Crippen molar-refractivity contribution in [1.29, 1.82) is 0 Å². The standard InChI is InChI=1S/C11H20N4OS/c1-16-8-9-3-2-4-15(6-9)7-10-5-13-11(14-12)17-10/h5,9H,2-4,6-8,12H2,1H3,(H,13,14). The number of nitrogens with zero attached hydrogens (tertiary/aromatic N) is 2. The Bertz CT molecular complexity index is 342. The van der Waals surface area contributed by atoms with Crippen molar-refractivity contribution < 1.29 is 4.74 Å². The van der Waals surface area contributed by atoms with Crippen molar-refractivity contribution in [2.45, 2.75) is 19.4 Å². The maximum absolute atomic E-state index is 5.33. The van der Waals surface area contributed by atoms with Gasteiger partial charge in [-0.1, -0.05) is 11.3 Å². The SMILES string of the molecule is COCC1CCCN(Cc2cnc(NN)s2)C1. The maximum atomic E-state index is 5.33. The van der Waals surface area contributed by atoms with Crippen molar-refractivity contribution in [2.75, 3.05) is 32.2 Å². The van der Waals surface area contributed by atoms with Crippen molar-refractivity contribution >= 4 is 16.5 Å². The highest BCUT2D eigenvalue weighted by atomic mass is 32.1.